The molecular formula is C21H34N4O12. The summed E-state index contributed by atoms with van der Waals surface area (Å²) < 4.78 is 11.4. The van der Waals surface area contributed by atoms with Crippen LogP contribution in [0.15, 0.2) is 15.8 Å². The van der Waals surface area contributed by atoms with Crippen molar-refractivity contribution < 1.29 is 49.7 Å². The van der Waals surface area contributed by atoms with Crippen LogP contribution in [-0.4, -0.2) is 120 Å². The first-order valence-corrected chi connectivity index (χ1v) is 11.1. The largest absolute Gasteiger partial charge is 0.394 e. The Balaban J connectivity index is 0.000000253. The van der Waals surface area contributed by atoms with Gasteiger partial charge in [0.05, 0.1) is 19.1 Å². The maximum absolute atomic E-state index is 11.6. The number of aliphatic hydroxyl groups excluding tert-OH is 6. The molecule has 4 heterocycles. The van der Waals surface area contributed by atoms with Crippen LogP contribution >= 0.6 is 0 Å². The van der Waals surface area contributed by atoms with E-state index in [2.05, 4.69) is 10.3 Å². The summed E-state index contributed by atoms with van der Waals surface area (Å²) in [4.78, 5) is 49.0. The van der Waals surface area contributed by atoms with Crippen molar-refractivity contribution >= 4 is 11.9 Å². The molecule has 16 heteroatoms. The zero-order chi connectivity index (χ0) is 26.9. The van der Waals surface area contributed by atoms with Gasteiger partial charge in [-0.1, -0.05) is 14.4 Å². The van der Waals surface area contributed by atoms with Gasteiger partial charge in [0, 0.05) is 18.3 Å². The Labute approximate surface area is 210 Å². The van der Waals surface area contributed by atoms with Crippen LogP contribution in [0, 0.1) is 12.8 Å². The van der Waals surface area contributed by atoms with Crippen LogP contribution in [-0.2, 0) is 14.3 Å². The number of nitrogens with one attached hydrogen (secondary N) is 2. The first-order chi connectivity index (χ1) is 16.9. The van der Waals surface area contributed by atoms with Gasteiger partial charge in [-0.25, -0.2) is 9.59 Å². The lowest BCUT2D eigenvalue weighted by Crippen LogP contribution is -2.59. The summed E-state index contributed by atoms with van der Waals surface area (Å²) >= 11 is 0. The lowest BCUT2D eigenvalue weighted by Gasteiger charge is -2.35. The summed E-state index contributed by atoms with van der Waals surface area (Å²) in [5.41, 5.74) is -1.00. The Morgan fingerprint density at radius 3 is 1.95 bits per heavy atom. The summed E-state index contributed by atoms with van der Waals surface area (Å²) in [6, 6.07) is -0.673. The molecule has 3 fully saturated rings. The summed E-state index contributed by atoms with van der Waals surface area (Å²) in [5.74, 6) is -0.813. The Morgan fingerprint density at radius 1 is 0.919 bits per heavy atom. The molecule has 1 aromatic rings. The molecule has 16 nitrogen and oxygen atoms in total. The number of H-pyrrole nitrogens is 1. The van der Waals surface area contributed by atoms with Gasteiger partial charge >= 0.3 is 11.7 Å². The fourth-order valence-electron chi connectivity index (χ4n) is 4.00. The lowest BCUT2D eigenvalue weighted by atomic mass is 10.1. The highest BCUT2D eigenvalue weighted by Gasteiger charge is 2.48. The van der Waals surface area contributed by atoms with Crippen molar-refractivity contribution in [2.45, 2.75) is 70.4 Å². The van der Waals surface area contributed by atoms with Gasteiger partial charge in [-0.2, -0.15) is 0 Å². The molecule has 3 amide bonds. The van der Waals surface area contributed by atoms with Gasteiger partial charge in [0.25, 0.3) is 5.56 Å². The minimum absolute atomic E-state index is 0. The summed E-state index contributed by atoms with van der Waals surface area (Å²) in [6.45, 7) is 2.29. The molecule has 210 valence electrons. The Morgan fingerprint density at radius 2 is 1.43 bits per heavy atom. The molecule has 3 unspecified atom stereocenters. The van der Waals surface area contributed by atoms with E-state index < -0.39 is 85.5 Å². The molecule has 0 aliphatic carbocycles. The van der Waals surface area contributed by atoms with Crippen LogP contribution in [0.25, 0.3) is 0 Å². The summed E-state index contributed by atoms with van der Waals surface area (Å²) in [5, 5.41) is 58.8. The lowest BCUT2D eigenvalue weighted by molar-refractivity contribution is -0.130. The number of carbonyl (C=O) groups is 2. The second-order valence-corrected chi connectivity index (χ2v) is 8.78. The van der Waals surface area contributed by atoms with Crippen molar-refractivity contribution in [3.63, 3.8) is 0 Å². The number of aryl methyl sites for hydroxylation is 1. The summed E-state index contributed by atoms with van der Waals surface area (Å²) in [6.07, 6.45) is -8.09. The van der Waals surface area contributed by atoms with E-state index in [9.17, 15) is 39.6 Å². The van der Waals surface area contributed by atoms with E-state index in [1.54, 1.807) is 6.92 Å². The van der Waals surface area contributed by atoms with Gasteiger partial charge in [0.2, 0.25) is 5.91 Å². The molecule has 3 saturated heterocycles. The highest BCUT2D eigenvalue weighted by atomic mass is 16.6. The third-order valence-electron chi connectivity index (χ3n) is 6.17. The van der Waals surface area contributed by atoms with E-state index in [4.69, 9.17) is 19.7 Å². The molecule has 0 bridgehead atoms. The van der Waals surface area contributed by atoms with Crippen LogP contribution in [0.4, 0.5) is 4.79 Å². The molecule has 37 heavy (non-hydrogen) atoms. The van der Waals surface area contributed by atoms with Gasteiger partial charge in [-0.15, -0.1) is 0 Å². The molecule has 4 rings (SSSR count). The minimum Gasteiger partial charge on any atom is -0.394 e. The Kier molecular flexibility index (Phi) is 10.1. The molecule has 3 aliphatic rings. The van der Waals surface area contributed by atoms with E-state index in [0.717, 1.165) is 9.47 Å². The first-order valence-electron chi connectivity index (χ1n) is 11.1. The molecule has 0 radical (unpaired) electrons. The second-order valence-electron chi connectivity index (χ2n) is 8.78. The third kappa shape index (κ3) is 6.07. The Hall–Kier alpha value is -2.70. The molecule has 0 spiro atoms. The van der Waals surface area contributed by atoms with Gasteiger partial charge < -0.3 is 40.1 Å². The number of carbonyl (C=O) groups excluding carboxylic acids is 2. The van der Waals surface area contributed by atoms with E-state index in [-0.39, 0.29) is 25.4 Å². The number of nitrogens with zero attached hydrogens (tertiary/aromatic N) is 2. The van der Waals surface area contributed by atoms with Crippen molar-refractivity contribution in [3.8, 4) is 0 Å². The van der Waals surface area contributed by atoms with Crippen LogP contribution < -0.4 is 16.6 Å². The standard InChI is InChI=1S/C10H16N2O6.C10H14N2O6.CH4/c2*1-4-2-12(10(17)11-8(4)16)9-7(15)6(14)5(3-13)18-9;/h4-7,9,13-15H,2-3H2,1H3,(H,11,16,17);2,5-7,9,13-15H,3H2,1H3,(H,11,16,17);1H4/t4?,5-,6+,7?,9-;5-,6+,7?,9-;/m11./s1. The van der Waals surface area contributed by atoms with E-state index in [1.165, 1.54) is 13.1 Å². The van der Waals surface area contributed by atoms with E-state index in [1.807, 2.05) is 0 Å². The van der Waals surface area contributed by atoms with Crippen molar-refractivity contribution in [2.24, 2.45) is 5.92 Å². The zero-order valence-electron chi connectivity index (χ0n) is 19.4. The van der Waals surface area contributed by atoms with Gasteiger partial charge in [0.1, 0.15) is 36.6 Å². The summed E-state index contributed by atoms with van der Waals surface area (Å²) in [7, 11) is 0. The van der Waals surface area contributed by atoms with Gasteiger partial charge in [-0.3, -0.25) is 29.4 Å². The van der Waals surface area contributed by atoms with Crippen molar-refractivity contribution in [1.29, 1.82) is 0 Å². The number of hydrogen-bond acceptors (Lipinski definition) is 12. The van der Waals surface area contributed by atoms with E-state index in [0.29, 0.717) is 0 Å². The maximum atomic E-state index is 11.6. The fourth-order valence-corrected chi connectivity index (χ4v) is 4.00. The number of aliphatic hydroxyl groups is 6. The molecule has 0 aromatic carbocycles. The number of hydrogen-bond donors (Lipinski definition) is 8. The minimum atomic E-state index is -1.36. The number of aromatic nitrogens is 2. The van der Waals surface area contributed by atoms with Crippen LogP contribution in [0.1, 0.15) is 26.1 Å². The fraction of sp³-hybridized carbons (Fsp3) is 0.714. The first kappa shape index (κ1) is 30.5. The maximum Gasteiger partial charge on any atom is 0.330 e. The second kappa shape index (κ2) is 12.2. The van der Waals surface area contributed by atoms with Crippen molar-refractivity contribution in [3.05, 3.63) is 32.6 Å². The number of aromatic amines is 1. The smallest absolute Gasteiger partial charge is 0.330 e. The van der Waals surface area contributed by atoms with Crippen LogP contribution in [0.3, 0.4) is 0 Å². The van der Waals surface area contributed by atoms with Crippen LogP contribution in [0.2, 0.25) is 0 Å². The normalized spacial score (nSPS) is 35.5. The van der Waals surface area contributed by atoms with Crippen molar-refractivity contribution in [2.75, 3.05) is 19.8 Å². The topological polar surface area (TPSA) is 244 Å². The molecule has 8 N–H and O–H groups in total. The monoisotopic (exact) mass is 534 g/mol. The van der Waals surface area contributed by atoms with Crippen LogP contribution in [0.5, 0.6) is 0 Å². The number of rotatable bonds is 4. The molecule has 1 aromatic heterocycles. The van der Waals surface area contributed by atoms with Gasteiger partial charge in [-0.05, 0) is 6.92 Å². The molecular weight excluding hydrogens is 500 g/mol. The molecule has 9 atom stereocenters. The number of amides is 3. The average molecular weight is 535 g/mol. The zero-order valence-corrected chi connectivity index (χ0v) is 19.4. The quantitative estimate of drug-likeness (QED) is 0.183. The highest BCUT2D eigenvalue weighted by molar-refractivity contribution is 5.97. The number of imide groups is 1. The highest BCUT2D eigenvalue weighted by Crippen LogP contribution is 2.28. The molecule has 0 saturated carbocycles. The molecule has 3 aliphatic heterocycles. The number of urea groups is 1. The van der Waals surface area contributed by atoms with Gasteiger partial charge in [0.15, 0.2) is 12.5 Å². The third-order valence-corrected chi connectivity index (χ3v) is 6.17. The average Bonchev–Trinajstić information content (AvgIpc) is 3.29. The SMILES string of the molecule is C.CC1CN([C@@H]2O[C@H](CO)[C@H](O)C2O)C(=O)NC1=O.Cc1cn([C@@H]2O[C@H](CO)[C@H](O)C2O)c(=O)[nH]c1=O. The van der Waals surface area contributed by atoms with Crippen molar-refractivity contribution in [1.82, 2.24) is 19.8 Å². The van der Waals surface area contributed by atoms with E-state index >= 15 is 0 Å². The number of ether oxygens (including phenoxy) is 2. The predicted molar refractivity (Wildman–Crippen MR) is 123 cm³/mol. The Bertz CT molecular complexity index is 1080. The predicted octanol–water partition coefficient (Wildman–Crippen LogP) is -4.29.